The third kappa shape index (κ3) is 5.08. The maximum absolute atomic E-state index is 13.4. The van der Waals surface area contributed by atoms with Gasteiger partial charge in [0, 0.05) is 17.5 Å². The fourth-order valence-corrected chi connectivity index (χ4v) is 5.72. The Bertz CT molecular complexity index is 1310. The molecule has 5 nitrogen and oxygen atoms in total. The topological polar surface area (TPSA) is 65.0 Å². The van der Waals surface area contributed by atoms with Crippen LogP contribution in [0.5, 0.6) is 0 Å². The summed E-state index contributed by atoms with van der Waals surface area (Å²) in [6, 6.07) is 38.1. The van der Waals surface area contributed by atoms with Crippen LogP contribution in [0.2, 0.25) is 0 Å². The lowest BCUT2D eigenvalue weighted by Gasteiger charge is -2.44. The van der Waals surface area contributed by atoms with Gasteiger partial charge in [-0.3, -0.25) is 4.79 Å². The first-order valence-corrected chi connectivity index (χ1v) is 13.8. The van der Waals surface area contributed by atoms with Gasteiger partial charge in [-0.2, -0.15) is 0 Å². The highest BCUT2D eigenvalue weighted by atomic mass is 16.8. The van der Waals surface area contributed by atoms with Crippen molar-refractivity contribution in [3.8, 4) is 0 Å². The van der Waals surface area contributed by atoms with Crippen molar-refractivity contribution < 1.29 is 24.1 Å². The zero-order chi connectivity index (χ0) is 28.2. The number of benzene rings is 4. The smallest absolute Gasteiger partial charge is 0.307 e. The van der Waals surface area contributed by atoms with Crippen molar-refractivity contribution in [2.75, 3.05) is 0 Å². The zero-order valence-corrected chi connectivity index (χ0v) is 23.2. The second-order valence-electron chi connectivity index (χ2n) is 10.7. The molecule has 1 N–H and O–H groups in total. The lowest BCUT2D eigenvalue weighted by Crippen LogP contribution is -2.56. The first-order chi connectivity index (χ1) is 19.3. The molecule has 1 heterocycles. The Labute approximate surface area is 236 Å². The van der Waals surface area contributed by atoms with Crippen LogP contribution in [0.4, 0.5) is 0 Å². The highest BCUT2D eigenvalue weighted by molar-refractivity contribution is 5.71. The van der Waals surface area contributed by atoms with E-state index in [-0.39, 0.29) is 12.4 Å². The Morgan fingerprint density at radius 1 is 0.700 bits per heavy atom. The van der Waals surface area contributed by atoms with Crippen LogP contribution in [0.25, 0.3) is 0 Å². The largest absolute Gasteiger partial charge is 0.446 e. The highest BCUT2D eigenvalue weighted by Gasteiger charge is 2.63. The van der Waals surface area contributed by atoms with Crippen LogP contribution < -0.4 is 0 Å². The molecule has 0 radical (unpaired) electrons. The number of carbonyl (C=O) groups is 1. The summed E-state index contributed by atoms with van der Waals surface area (Å²) in [6.07, 6.45) is -1.03. The Hall–Kier alpha value is -3.77. The molecule has 1 saturated heterocycles. The van der Waals surface area contributed by atoms with Crippen LogP contribution in [0.3, 0.4) is 0 Å². The van der Waals surface area contributed by atoms with Crippen molar-refractivity contribution in [1.29, 1.82) is 0 Å². The first kappa shape index (κ1) is 27.8. The summed E-state index contributed by atoms with van der Waals surface area (Å²) in [4.78, 5) is 13.4. The molecule has 4 aromatic rings. The van der Waals surface area contributed by atoms with Gasteiger partial charge in [0.05, 0.1) is 0 Å². The molecule has 5 rings (SSSR count). The number of carbonyl (C=O) groups excluding carboxylic acids is 1. The molecule has 0 amide bonds. The van der Waals surface area contributed by atoms with Gasteiger partial charge in [-0.15, -0.1) is 0 Å². The maximum atomic E-state index is 13.4. The highest BCUT2D eigenvalue weighted by Crippen LogP contribution is 2.52. The summed E-state index contributed by atoms with van der Waals surface area (Å²) < 4.78 is 20.0. The van der Waals surface area contributed by atoms with E-state index in [0.717, 1.165) is 11.1 Å². The van der Waals surface area contributed by atoms with Gasteiger partial charge in [-0.05, 0) is 31.4 Å². The van der Waals surface area contributed by atoms with Gasteiger partial charge in [-0.25, -0.2) is 0 Å². The maximum Gasteiger partial charge on any atom is 0.307 e. The van der Waals surface area contributed by atoms with Gasteiger partial charge in [0.2, 0.25) is 0 Å². The molecule has 0 bridgehead atoms. The molecular formula is C35H36O5. The van der Waals surface area contributed by atoms with E-state index in [2.05, 4.69) is 0 Å². The Morgan fingerprint density at radius 2 is 1.07 bits per heavy atom. The van der Waals surface area contributed by atoms with Gasteiger partial charge in [-0.1, -0.05) is 128 Å². The third-order valence-electron chi connectivity index (χ3n) is 7.47. The van der Waals surface area contributed by atoms with Crippen molar-refractivity contribution in [2.45, 2.75) is 62.8 Å². The molecule has 4 aromatic carbocycles. The van der Waals surface area contributed by atoms with Crippen molar-refractivity contribution >= 4 is 5.97 Å². The molecular weight excluding hydrogens is 500 g/mol. The molecule has 40 heavy (non-hydrogen) atoms. The van der Waals surface area contributed by atoms with E-state index >= 15 is 0 Å². The van der Waals surface area contributed by atoms with Crippen LogP contribution in [0.1, 0.15) is 55.9 Å². The number of ether oxygens (including phenoxy) is 3. The van der Waals surface area contributed by atoms with E-state index in [1.807, 2.05) is 142 Å². The molecule has 0 aliphatic carbocycles. The van der Waals surface area contributed by atoms with E-state index in [9.17, 15) is 9.90 Å². The normalized spacial score (nSPS) is 18.8. The zero-order valence-electron chi connectivity index (χ0n) is 23.2. The molecule has 0 saturated carbocycles. The molecule has 1 aliphatic rings. The van der Waals surface area contributed by atoms with Crippen molar-refractivity contribution in [2.24, 2.45) is 0 Å². The number of hydrogen-bond acceptors (Lipinski definition) is 5. The number of rotatable bonds is 9. The average molecular weight is 537 g/mol. The molecule has 0 spiro atoms. The SMILES string of the molecule is CCCC(=O)OC(c1ccccc1)(c1ccccc1)[C@@H]1OC(C)(C)OC1C(O)(c1ccccc1)c1ccccc1. The van der Waals surface area contributed by atoms with Crippen LogP contribution >= 0.6 is 0 Å². The summed E-state index contributed by atoms with van der Waals surface area (Å²) in [5.74, 6) is -1.45. The minimum absolute atomic E-state index is 0.241. The van der Waals surface area contributed by atoms with Crippen molar-refractivity contribution in [3.05, 3.63) is 144 Å². The van der Waals surface area contributed by atoms with Crippen LogP contribution in [0, 0.1) is 0 Å². The molecule has 5 heteroatoms. The van der Waals surface area contributed by atoms with Gasteiger partial charge >= 0.3 is 5.97 Å². The van der Waals surface area contributed by atoms with Crippen molar-refractivity contribution in [3.63, 3.8) is 0 Å². The third-order valence-corrected chi connectivity index (χ3v) is 7.47. The standard InChI is InChI=1S/C35H36O5/c1-4-17-30(36)38-35(28-22-13-7-14-23-28,29-24-15-8-16-25-29)32-31(39-33(2,3)40-32)34(37,26-18-9-5-10-19-26)27-20-11-6-12-21-27/h5-16,18-25,31-32,37H,4,17H2,1-3H3/t31?,32-/m1/s1. The van der Waals surface area contributed by atoms with E-state index in [1.165, 1.54) is 0 Å². The van der Waals surface area contributed by atoms with Crippen LogP contribution in [0.15, 0.2) is 121 Å². The second kappa shape index (κ2) is 11.4. The summed E-state index contributed by atoms with van der Waals surface area (Å²) in [5, 5.41) is 12.9. The number of hydrogen-bond donors (Lipinski definition) is 1. The van der Waals surface area contributed by atoms with Gasteiger partial charge in [0.25, 0.3) is 0 Å². The molecule has 0 aromatic heterocycles. The number of esters is 1. The van der Waals surface area contributed by atoms with E-state index in [4.69, 9.17) is 14.2 Å². The van der Waals surface area contributed by atoms with Crippen LogP contribution in [-0.2, 0) is 30.2 Å². The Kier molecular flexibility index (Phi) is 7.90. The molecule has 1 aliphatic heterocycles. The van der Waals surface area contributed by atoms with E-state index < -0.39 is 29.2 Å². The fourth-order valence-electron chi connectivity index (χ4n) is 5.72. The summed E-state index contributed by atoms with van der Waals surface area (Å²) >= 11 is 0. The second-order valence-corrected chi connectivity index (χ2v) is 10.7. The molecule has 206 valence electrons. The molecule has 2 atom stereocenters. The Morgan fingerprint density at radius 3 is 1.48 bits per heavy atom. The van der Waals surface area contributed by atoms with Crippen molar-refractivity contribution in [1.82, 2.24) is 0 Å². The summed E-state index contributed by atoms with van der Waals surface area (Å²) in [6.45, 7) is 5.59. The fraction of sp³-hybridized carbons (Fsp3) is 0.286. The van der Waals surface area contributed by atoms with E-state index in [1.54, 1.807) is 0 Å². The number of aliphatic hydroxyl groups is 1. The van der Waals surface area contributed by atoms with Gasteiger partial charge in [0.15, 0.2) is 11.4 Å². The van der Waals surface area contributed by atoms with E-state index in [0.29, 0.717) is 17.5 Å². The summed E-state index contributed by atoms with van der Waals surface area (Å²) in [7, 11) is 0. The Balaban J connectivity index is 1.81. The molecule has 1 unspecified atom stereocenters. The predicted molar refractivity (Wildman–Crippen MR) is 154 cm³/mol. The van der Waals surface area contributed by atoms with Gasteiger partial charge < -0.3 is 19.3 Å². The van der Waals surface area contributed by atoms with Crippen LogP contribution in [-0.4, -0.2) is 29.1 Å². The molecule has 1 fully saturated rings. The minimum Gasteiger partial charge on any atom is -0.446 e. The van der Waals surface area contributed by atoms with Gasteiger partial charge in [0.1, 0.15) is 17.8 Å². The quantitative estimate of drug-likeness (QED) is 0.240. The summed E-state index contributed by atoms with van der Waals surface area (Å²) in [5.41, 5.74) is -0.326. The monoisotopic (exact) mass is 536 g/mol. The first-order valence-electron chi connectivity index (χ1n) is 13.8. The lowest BCUT2D eigenvalue weighted by atomic mass is 9.72. The minimum atomic E-state index is -1.65. The predicted octanol–water partition coefficient (Wildman–Crippen LogP) is 6.73. The lowest BCUT2D eigenvalue weighted by molar-refractivity contribution is -0.187. The average Bonchev–Trinajstić information content (AvgIpc) is 3.33.